The Hall–Kier alpha value is -2.99. The number of carbonyl (C=O) groups is 1. The molecule has 2 aromatic carbocycles. The number of aryl methyl sites for hydroxylation is 1. The van der Waals surface area contributed by atoms with Crippen LogP contribution in [0.1, 0.15) is 34.0 Å². The molecule has 0 bridgehead atoms. The standard InChI is InChI=1S/C21H22N4O2/c1-14-5-7-17(8-6-14)23-20(26)12-19-24-21(27-25-19)11-15-3-2-4-16-13-22-10-9-18(15)16/h2-8,22H,9-13H2,1H3,(H,23,26). The summed E-state index contributed by atoms with van der Waals surface area (Å²) in [7, 11) is 0. The number of fused-ring (bicyclic) bond motifs is 1. The van der Waals surface area contributed by atoms with E-state index in [1.165, 1.54) is 16.7 Å². The van der Waals surface area contributed by atoms with Gasteiger partial charge >= 0.3 is 0 Å². The van der Waals surface area contributed by atoms with Crippen molar-refractivity contribution in [2.75, 3.05) is 11.9 Å². The highest BCUT2D eigenvalue weighted by Gasteiger charge is 2.16. The summed E-state index contributed by atoms with van der Waals surface area (Å²) in [5.41, 5.74) is 5.82. The lowest BCUT2D eigenvalue weighted by Crippen LogP contribution is -2.24. The molecule has 0 spiro atoms. The van der Waals surface area contributed by atoms with Crippen molar-refractivity contribution < 1.29 is 9.32 Å². The molecule has 4 rings (SSSR count). The molecular formula is C21H22N4O2. The summed E-state index contributed by atoms with van der Waals surface area (Å²) >= 11 is 0. The largest absolute Gasteiger partial charge is 0.339 e. The normalized spacial score (nSPS) is 13.2. The molecule has 138 valence electrons. The summed E-state index contributed by atoms with van der Waals surface area (Å²) in [6, 6.07) is 14.0. The van der Waals surface area contributed by atoms with Gasteiger partial charge in [0.05, 0.1) is 12.8 Å². The lowest BCUT2D eigenvalue weighted by molar-refractivity contribution is -0.115. The number of hydrogen-bond acceptors (Lipinski definition) is 5. The lowest BCUT2D eigenvalue weighted by atomic mass is 9.94. The average Bonchev–Trinajstić information content (AvgIpc) is 3.10. The van der Waals surface area contributed by atoms with Gasteiger partial charge in [-0.3, -0.25) is 4.79 Å². The first-order valence-electron chi connectivity index (χ1n) is 9.16. The fraction of sp³-hybridized carbons (Fsp3) is 0.286. The first-order valence-corrected chi connectivity index (χ1v) is 9.16. The van der Waals surface area contributed by atoms with Crippen LogP contribution in [0.4, 0.5) is 5.69 Å². The Labute approximate surface area is 158 Å². The van der Waals surface area contributed by atoms with E-state index in [4.69, 9.17) is 4.52 Å². The molecule has 0 radical (unpaired) electrons. The maximum atomic E-state index is 12.2. The molecule has 2 heterocycles. The van der Waals surface area contributed by atoms with Crippen molar-refractivity contribution in [3.8, 4) is 0 Å². The van der Waals surface area contributed by atoms with Crippen molar-refractivity contribution in [1.29, 1.82) is 0 Å². The summed E-state index contributed by atoms with van der Waals surface area (Å²) in [6.45, 7) is 3.89. The Balaban J connectivity index is 1.40. The molecule has 1 aromatic heterocycles. The zero-order valence-electron chi connectivity index (χ0n) is 15.3. The Morgan fingerprint density at radius 2 is 2.07 bits per heavy atom. The summed E-state index contributed by atoms with van der Waals surface area (Å²) in [6.07, 6.45) is 1.69. The van der Waals surface area contributed by atoms with E-state index in [0.29, 0.717) is 18.1 Å². The van der Waals surface area contributed by atoms with Gasteiger partial charge in [-0.1, -0.05) is 41.1 Å². The van der Waals surface area contributed by atoms with Crippen LogP contribution >= 0.6 is 0 Å². The molecule has 1 aliphatic heterocycles. The predicted molar refractivity (Wildman–Crippen MR) is 102 cm³/mol. The van der Waals surface area contributed by atoms with Crippen LogP contribution in [0.25, 0.3) is 0 Å². The van der Waals surface area contributed by atoms with Crippen LogP contribution in [0.2, 0.25) is 0 Å². The smallest absolute Gasteiger partial charge is 0.232 e. The van der Waals surface area contributed by atoms with Crippen LogP contribution in [-0.2, 0) is 30.6 Å². The molecule has 0 atom stereocenters. The monoisotopic (exact) mass is 362 g/mol. The summed E-state index contributed by atoms with van der Waals surface area (Å²) in [4.78, 5) is 16.6. The topological polar surface area (TPSA) is 80.0 Å². The minimum absolute atomic E-state index is 0.0915. The summed E-state index contributed by atoms with van der Waals surface area (Å²) < 4.78 is 5.37. The van der Waals surface area contributed by atoms with E-state index in [1.54, 1.807) is 0 Å². The van der Waals surface area contributed by atoms with Crippen molar-refractivity contribution >= 4 is 11.6 Å². The van der Waals surface area contributed by atoms with E-state index in [1.807, 2.05) is 31.2 Å². The van der Waals surface area contributed by atoms with Gasteiger partial charge in [0.15, 0.2) is 5.82 Å². The third-order valence-corrected chi connectivity index (χ3v) is 4.74. The van der Waals surface area contributed by atoms with Crippen molar-refractivity contribution in [3.05, 3.63) is 76.4 Å². The Morgan fingerprint density at radius 3 is 2.93 bits per heavy atom. The van der Waals surface area contributed by atoms with Crippen LogP contribution in [0.5, 0.6) is 0 Å². The number of carbonyl (C=O) groups excluding carboxylic acids is 1. The Morgan fingerprint density at radius 1 is 1.22 bits per heavy atom. The van der Waals surface area contributed by atoms with Crippen molar-refractivity contribution in [2.45, 2.75) is 32.7 Å². The quantitative estimate of drug-likeness (QED) is 0.730. The van der Waals surface area contributed by atoms with E-state index in [2.05, 4.69) is 39.0 Å². The van der Waals surface area contributed by atoms with Gasteiger partial charge in [-0.05, 0) is 48.7 Å². The fourth-order valence-electron chi connectivity index (χ4n) is 3.36. The van der Waals surface area contributed by atoms with Gasteiger partial charge in [-0.25, -0.2) is 0 Å². The number of hydrogen-bond donors (Lipinski definition) is 2. The van der Waals surface area contributed by atoms with Gasteiger partial charge in [-0.2, -0.15) is 4.98 Å². The highest BCUT2D eigenvalue weighted by atomic mass is 16.5. The minimum atomic E-state index is -0.158. The van der Waals surface area contributed by atoms with E-state index in [9.17, 15) is 4.79 Å². The summed E-state index contributed by atoms with van der Waals surface area (Å²) in [5.74, 6) is 0.788. The van der Waals surface area contributed by atoms with Gasteiger partial charge in [0, 0.05) is 12.2 Å². The third kappa shape index (κ3) is 4.23. The van der Waals surface area contributed by atoms with Gasteiger partial charge in [0.25, 0.3) is 0 Å². The van der Waals surface area contributed by atoms with Crippen LogP contribution in [0.15, 0.2) is 47.0 Å². The first kappa shape index (κ1) is 17.4. The van der Waals surface area contributed by atoms with Crippen molar-refractivity contribution in [2.24, 2.45) is 0 Å². The molecule has 1 aliphatic rings. The summed E-state index contributed by atoms with van der Waals surface area (Å²) in [5, 5.41) is 10.2. The molecule has 0 unspecified atom stereocenters. The lowest BCUT2D eigenvalue weighted by Gasteiger charge is -2.19. The van der Waals surface area contributed by atoms with Crippen molar-refractivity contribution in [1.82, 2.24) is 15.5 Å². The Bertz CT molecular complexity index is 947. The average molecular weight is 362 g/mol. The van der Waals surface area contributed by atoms with E-state index < -0.39 is 0 Å². The van der Waals surface area contributed by atoms with E-state index in [0.717, 1.165) is 30.8 Å². The van der Waals surface area contributed by atoms with E-state index >= 15 is 0 Å². The molecule has 27 heavy (non-hydrogen) atoms. The molecule has 3 aromatic rings. The molecule has 0 fully saturated rings. The molecule has 0 saturated carbocycles. The zero-order chi connectivity index (χ0) is 18.6. The predicted octanol–water partition coefficient (Wildman–Crippen LogP) is 2.80. The second-order valence-electron chi connectivity index (χ2n) is 6.85. The molecule has 1 amide bonds. The maximum absolute atomic E-state index is 12.2. The third-order valence-electron chi connectivity index (χ3n) is 4.74. The van der Waals surface area contributed by atoms with Gasteiger partial charge in [-0.15, -0.1) is 0 Å². The van der Waals surface area contributed by atoms with Crippen molar-refractivity contribution in [3.63, 3.8) is 0 Å². The molecule has 6 nitrogen and oxygen atoms in total. The van der Waals surface area contributed by atoms with E-state index in [-0.39, 0.29) is 12.3 Å². The number of rotatable bonds is 5. The highest BCUT2D eigenvalue weighted by Crippen LogP contribution is 2.21. The number of benzene rings is 2. The molecule has 2 N–H and O–H groups in total. The van der Waals surface area contributed by atoms with Gasteiger partial charge in [0.1, 0.15) is 0 Å². The maximum Gasteiger partial charge on any atom is 0.232 e. The van der Waals surface area contributed by atoms with Crippen LogP contribution in [-0.4, -0.2) is 22.6 Å². The van der Waals surface area contributed by atoms with Gasteiger partial charge in [0.2, 0.25) is 11.8 Å². The minimum Gasteiger partial charge on any atom is -0.339 e. The highest BCUT2D eigenvalue weighted by molar-refractivity contribution is 5.91. The van der Waals surface area contributed by atoms with Crippen LogP contribution < -0.4 is 10.6 Å². The van der Waals surface area contributed by atoms with Crippen LogP contribution in [0, 0.1) is 6.92 Å². The zero-order valence-corrected chi connectivity index (χ0v) is 15.3. The number of aromatic nitrogens is 2. The number of anilines is 1. The number of nitrogens with zero attached hydrogens (tertiary/aromatic N) is 2. The van der Waals surface area contributed by atoms with Crippen LogP contribution in [0.3, 0.4) is 0 Å². The molecule has 0 aliphatic carbocycles. The first-order chi connectivity index (χ1) is 13.2. The second-order valence-corrected chi connectivity index (χ2v) is 6.85. The molecular weight excluding hydrogens is 340 g/mol. The van der Waals surface area contributed by atoms with Gasteiger partial charge < -0.3 is 15.2 Å². The fourth-order valence-corrected chi connectivity index (χ4v) is 3.36. The Kier molecular flexibility index (Phi) is 4.98. The molecule has 0 saturated heterocycles. The second kappa shape index (κ2) is 7.72. The molecule has 6 heteroatoms. The number of amides is 1. The SMILES string of the molecule is Cc1ccc(NC(=O)Cc2noc(Cc3cccc4c3CCNC4)n2)cc1. The number of nitrogens with one attached hydrogen (secondary N) is 2.